The molecule has 1 amide bonds. The second-order valence-electron chi connectivity index (χ2n) is 3.80. The van der Waals surface area contributed by atoms with Crippen molar-refractivity contribution in [3.05, 3.63) is 0 Å². The molecule has 0 spiro atoms. The molecule has 15 heavy (non-hydrogen) atoms. The average molecular weight is 253 g/mol. The van der Waals surface area contributed by atoms with Crippen LogP contribution in [0.25, 0.3) is 0 Å². The van der Waals surface area contributed by atoms with E-state index in [2.05, 4.69) is 12.2 Å². The van der Waals surface area contributed by atoms with Gasteiger partial charge < -0.3 is 11.1 Å². The number of hydrogen-bond donors (Lipinski definition) is 2. The zero-order valence-electron chi connectivity index (χ0n) is 9.20. The summed E-state index contributed by atoms with van der Waals surface area (Å²) in [4.78, 5) is 11.4. The van der Waals surface area contributed by atoms with Gasteiger partial charge >= 0.3 is 0 Å². The number of carbonyl (C=O) groups is 1. The summed E-state index contributed by atoms with van der Waals surface area (Å²) in [6.45, 7) is 2.70. The van der Waals surface area contributed by atoms with Gasteiger partial charge in [-0.15, -0.1) is 12.4 Å². The number of thioether (sulfide) groups is 1. The van der Waals surface area contributed by atoms with Crippen LogP contribution in [-0.4, -0.2) is 30.0 Å². The van der Waals surface area contributed by atoms with Crippen LogP contribution in [0, 0.1) is 5.92 Å². The monoisotopic (exact) mass is 252 g/mol. The second kappa shape index (κ2) is 8.25. The first-order chi connectivity index (χ1) is 6.77. The van der Waals surface area contributed by atoms with Crippen molar-refractivity contribution in [2.24, 2.45) is 11.7 Å². The lowest BCUT2D eigenvalue weighted by Crippen LogP contribution is -2.42. The molecule has 1 aliphatic rings. The Morgan fingerprint density at radius 3 is 2.73 bits per heavy atom. The van der Waals surface area contributed by atoms with Gasteiger partial charge in [-0.3, -0.25) is 4.79 Å². The molecular formula is C10H21ClN2OS. The maximum absolute atomic E-state index is 11.4. The van der Waals surface area contributed by atoms with E-state index in [0.29, 0.717) is 18.2 Å². The lowest BCUT2D eigenvalue weighted by molar-refractivity contribution is -0.119. The summed E-state index contributed by atoms with van der Waals surface area (Å²) in [6.07, 6.45) is 3.58. The van der Waals surface area contributed by atoms with Crippen molar-refractivity contribution >= 4 is 30.1 Å². The van der Waals surface area contributed by atoms with Crippen LogP contribution in [0.3, 0.4) is 0 Å². The summed E-state index contributed by atoms with van der Waals surface area (Å²) in [5.74, 6) is 2.44. The molecule has 0 saturated heterocycles. The topological polar surface area (TPSA) is 55.1 Å². The highest BCUT2D eigenvalue weighted by Gasteiger charge is 2.30. The third-order valence-corrected chi connectivity index (χ3v) is 3.54. The van der Waals surface area contributed by atoms with E-state index in [1.807, 2.05) is 0 Å². The first-order valence-corrected chi connectivity index (χ1v) is 6.50. The van der Waals surface area contributed by atoms with Gasteiger partial charge in [-0.25, -0.2) is 0 Å². The molecule has 5 heteroatoms. The fraction of sp³-hybridized carbons (Fsp3) is 0.900. The molecule has 1 atom stereocenters. The Hall–Kier alpha value is 0.0700. The van der Waals surface area contributed by atoms with Gasteiger partial charge in [0.05, 0.1) is 5.75 Å². The molecule has 1 saturated carbocycles. The minimum atomic E-state index is 0. The molecule has 0 aromatic heterocycles. The quantitative estimate of drug-likeness (QED) is 0.674. The van der Waals surface area contributed by atoms with Crippen LogP contribution < -0.4 is 11.1 Å². The Bertz CT molecular complexity index is 188. The number of rotatable bonds is 7. The van der Waals surface area contributed by atoms with E-state index in [-0.39, 0.29) is 24.4 Å². The summed E-state index contributed by atoms with van der Waals surface area (Å²) in [7, 11) is 0. The van der Waals surface area contributed by atoms with Gasteiger partial charge in [0, 0.05) is 12.6 Å². The van der Waals surface area contributed by atoms with Crippen molar-refractivity contribution in [2.75, 3.05) is 18.1 Å². The maximum Gasteiger partial charge on any atom is 0.230 e. The minimum Gasteiger partial charge on any atom is -0.351 e. The van der Waals surface area contributed by atoms with Gasteiger partial charge in [0.15, 0.2) is 0 Å². The molecule has 3 nitrogen and oxygen atoms in total. The van der Waals surface area contributed by atoms with Crippen molar-refractivity contribution in [3.63, 3.8) is 0 Å². The molecule has 1 fully saturated rings. The molecule has 1 rings (SSSR count). The zero-order valence-corrected chi connectivity index (χ0v) is 10.8. The van der Waals surface area contributed by atoms with Crippen LogP contribution in [0.2, 0.25) is 0 Å². The largest absolute Gasteiger partial charge is 0.351 e. The zero-order chi connectivity index (χ0) is 10.4. The molecule has 3 N–H and O–H groups in total. The Kier molecular flexibility index (Phi) is 8.29. The molecule has 0 aromatic carbocycles. The minimum absolute atomic E-state index is 0. The molecule has 0 aromatic rings. The number of hydrogen-bond acceptors (Lipinski definition) is 3. The van der Waals surface area contributed by atoms with Crippen LogP contribution in [0.5, 0.6) is 0 Å². The Morgan fingerprint density at radius 1 is 1.60 bits per heavy atom. The summed E-state index contributed by atoms with van der Waals surface area (Å²) >= 11 is 1.69. The van der Waals surface area contributed by atoms with Crippen molar-refractivity contribution < 1.29 is 4.79 Å². The highest BCUT2D eigenvalue weighted by Crippen LogP contribution is 2.32. The maximum atomic E-state index is 11.4. The normalized spacial score (nSPS) is 16.7. The Labute approximate surface area is 102 Å². The molecule has 0 radical (unpaired) electrons. The predicted molar refractivity (Wildman–Crippen MR) is 68.6 cm³/mol. The number of halogens is 1. The molecular weight excluding hydrogens is 232 g/mol. The van der Waals surface area contributed by atoms with E-state index in [4.69, 9.17) is 5.73 Å². The van der Waals surface area contributed by atoms with E-state index >= 15 is 0 Å². The van der Waals surface area contributed by atoms with E-state index < -0.39 is 0 Å². The third-order valence-electron chi connectivity index (χ3n) is 2.37. The van der Waals surface area contributed by atoms with E-state index in [1.54, 1.807) is 11.8 Å². The second-order valence-corrected chi connectivity index (χ2v) is 4.90. The highest BCUT2D eigenvalue weighted by atomic mass is 35.5. The van der Waals surface area contributed by atoms with Crippen LogP contribution in [0.4, 0.5) is 0 Å². The van der Waals surface area contributed by atoms with Crippen molar-refractivity contribution in [1.82, 2.24) is 5.32 Å². The fourth-order valence-electron chi connectivity index (χ4n) is 1.43. The number of nitrogens with two attached hydrogens (primary N) is 1. The van der Waals surface area contributed by atoms with Crippen LogP contribution in [0.1, 0.15) is 26.2 Å². The predicted octanol–water partition coefficient (Wildman–Crippen LogP) is 1.40. The molecule has 1 unspecified atom stereocenters. The first kappa shape index (κ1) is 15.1. The lowest BCUT2D eigenvalue weighted by atomic mass is 10.2. The Balaban J connectivity index is 0.00000196. The van der Waals surface area contributed by atoms with Crippen LogP contribution >= 0.6 is 24.2 Å². The van der Waals surface area contributed by atoms with Gasteiger partial charge in [-0.05, 0) is 30.9 Å². The molecule has 0 aliphatic heterocycles. The van der Waals surface area contributed by atoms with Crippen LogP contribution in [0.15, 0.2) is 0 Å². The molecule has 0 bridgehead atoms. The van der Waals surface area contributed by atoms with Gasteiger partial charge in [0.2, 0.25) is 5.91 Å². The smallest absolute Gasteiger partial charge is 0.230 e. The summed E-state index contributed by atoms with van der Waals surface area (Å²) < 4.78 is 0. The summed E-state index contributed by atoms with van der Waals surface area (Å²) in [5, 5.41) is 3.00. The van der Waals surface area contributed by atoms with Crippen molar-refractivity contribution in [2.45, 2.75) is 32.2 Å². The summed E-state index contributed by atoms with van der Waals surface area (Å²) in [6, 6.07) is 0.227. The van der Waals surface area contributed by atoms with Gasteiger partial charge in [0.1, 0.15) is 0 Å². The van der Waals surface area contributed by atoms with Gasteiger partial charge in [-0.1, -0.05) is 6.92 Å². The van der Waals surface area contributed by atoms with Crippen LogP contribution in [-0.2, 0) is 4.79 Å². The number of nitrogens with one attached hydrogen (secondary N) is 1. The number of amides is 1. The fourth-order valence-corrected chi connectivity index (χ4v) is 2.13. The lowest BCUT2D eigenvalue weighted by Gasteiger charge is -2.15. The van der Waals surface area contributed by atoms with Crippen molar-refractivity contribution in [3.8, 4) is 0 Å². The van der Waals surface area contributed by atoms with E-state index in [9.17, 15) is 4.79 Å². The number of carbonyl (C=O) groups excluding carboxylic acids is 1. The molecule has 0 heterocycles. The van der Waals surface area contributed by atoms with Gasteiger partial charge in [0.25, 0.3) is 0 Å². The first-order valence-electron chi connectivity index (χ1n) is 5.35. The molecule has 1 aliphatic carbocycles. The van der Waals surface area contributed by atoms with E-state index in [1.165, 1.54) is 12.8 Å². The highest BCUT2D eigenvalue weighted by molar-refractivity contribution is 7.99. The Morgan fingerprint density at radius 2 is 2.27 bits per heavy atom. The average Bonchev–Trinajstić information content (AvgIpc) is 2.98. The third kappa shape index (κ3) is 6.28. The summed E-state index contributed by atoms with van der Waals surface area (Å²) in [5.41, 5.74) is 5.60. The SMILES string of the molecule is CCCSCC(=O)NC(CN)C1CC1.Cl. The standard InChI is InChI=1S/C10H20N2OS.ClH/c1-2-5-14-7-10(13)12-9(6-11)8-3-4-8;/h8-9H,2-7,11H2,1H3,(H,12,13);1H. The van der Waals surface area contributed by atoms with Crippen molar-refractivity contribution in [1.29, 1.82) is 0 Å². The van der Waals surface area contributed by atoms with E-state index in [0.717, 1.165) is 12.2 Å². The van der Waals surface area contributed by atoms with Gasteiger partial charge in [-0.2, -0.15) is 11.8 Å². The molecule has 90 valence electrons.